The van der Waals surface area contributed by atoms with Gasteiger partial charge in [-0.1, -0.05) is 5.92 Å². The third kappa shape index (κ3) is 3.26. The van der Waals surface area contributed by atoms with Crippen molar-refractivity contribution < 1.29 is 14.6 Å². The average molecular weight is 171 g/mol. The fourth-order valence-corrected chi connectivity index (χ4v) is 0.847. The Morgan fingerprint density at radius 2 is 2.17 bits per heavy atom. The second kappa shape index (κ2) is 4.62. The number of hydrogen-bond acceptors (Lipinski definition) is 3. The van der Waals surface area contributed by atoms with E-state index >= 15 is 0 Å². The van der Waals surface area contributed by atoms with E-state index in [0.29, 0.717) is 0 Å². The van der Waals surface area contributed by atoms with Crippen LogP contribution < -0.4 is 5.73 Å². The monoisotopic (exact) mass is 171 g/mol. The molecule has 0 rings (SSSR count). The van der Waals surface area contributed by atoms with Crippen LogP contribution in [0.25, 0.3) is 0 Å². The van der Waals surface area contributed by atoms with Gasteiger partial charge in [-0.2, -0.15) is 0 Å². The Balaban J connectivity index is 4.25. The van der Waals surface area contributed by atoms with Crippen molar-refractivity contribution in [3.8, 4) is 12.3 Å². The lowest BCUT2D eigenvalue weighted by atomic mass is 10.0. The third-order valence-corrected chi connectivity index (χ3v) is 1.48. The minimum absolute atomic E-state index is 0.350. The first-order valence-corrected chi connectivity index (χ1v) is 3.59. The lowest BCUT2D eigenvalue weighted by Gasteiger charge is -2.21. The lowest BCUT2D eigenvalue weighted by Crippen LogP contribution is -2.36. The van der Waals surface area contributed by atoms with Crippen molar-refractivity contribution in [1.82, 2.24) is 0 Å². The topological polar surface area (TPSA) is 72.5 Å². The summed E-state index contributed by atoms with van der Waals surface area (Å²) in [4.78, 5) is 10.4. The highest BCUT2D eigenvalue weighted by atomic mass is 16.6. The molecule has 4 heteroatoms. The van der Waals surface area contributed by atoms with Crippen LogP contribution in [0.3, 0.4) is 0 Å². The molecule has 12 heavy (non-hydrogen) atoms. The molecule has 68 valence electrons. The Labute approximate surface area is 71.7 Å². The minimum atomic E-state index is -0.928. The average Bonchev–Trinajstić information content (AvgIpc) is 1.98. The van der Waals surface area contributed by atoms with Gasteiger partial charge in [0.05, 0.1) is 12.0 Å². The molecule has 0 aliphatic carbocycles. The van der Waals surface area contributed by atoms with Crippen molar-refractivity contribution >= 4 is 6.09 Å². The zero-order chi connectivity index (χ0) is 9.72. The van der Waals surface area contributed by atoms with Crippen molar-refractivity contribution in [3.05, 3.63) is 0 Å². The van der Waals surface area contributed by atoms with Gasteiger partial charge >= 0.3 is 6.09 Å². The number of ether oxygens (including phenoxy) is 1. The Morgan fingerprint density at radius 1 is 1.67 bits per heavy atom. The molecule has 0 aliphatic rings. The van der Waals surface area contributed by atoms with E-state index in [-0.39, 0.29) is 5.92 Å². The molecule has 0 aromatic heterocycles. The number of carbonyl (C=O) groups is 1. The summed E-state index contributed by atoms with van der Waals surface area (Å²) in [6.45, 7) is 3.15. The summed E-state index contributed by atoms with van der Waals surface area (Å²) in [5, 5.41) is 9.13. The molecule has 0 aromatic rings. The highest BCUT2D eigenvalue weighted by molar-refractivity contribution is 5.64. The van der Waals surface area contributed by atoms with Gasteiger partial charge in [0.25, 0.3) is 0 Å². The molecule has 0 aliphatic heterocycles. The van der Waals surface area contributed by atoms with Crippen LogP contribution in [0, 0.1) is 18.3 Å². The molecule has 4 nitrogen and oxygen atoms in total. The van der Waals surface area contributed by atoms with Crippen LogP contribution >= 0.6 is 0 Å². The van der Waals surface area contributed by atoms with E-state index in [1.807, 2.05) is 0 Å². The van der Waals surface area contributed by atoms with Crippen LogP contribution in [0.15, 0.2) is 0 Å². The normalized spacial score (nSPS) is 17.2. The zero-order valence-electron chi connectivity index (χ0n) is 7.15. The molecule has 3 N–H and O–H groups in total. The highest BCUT2D eigenvalue weighted by Gasteiger charge is 2.23. The maximum absolute atomic E-state index is 10.4. The van der Waals surface area contributed by atoms with E-state index in [2.05, 4.69) is 10.7 Å². The van der Waals surface area contributed by atoms with Gasteiger partial charge in [0.2, 0.25) is 0 Å². The number of carbonyl (C=O) groups excluding carboxylic acids is 1. The second-order valence-electron chi connectivity index (χ2n) is 2.60. The predicted octanol–water partition coefficient (Wildman–Crippen LogP) is 0.100. The molecule has 0 fully saturated rings. The van der Waals surface area contributed by atoms with Crippen LogP contribution in [0.1, 0.15) is 13.8 Å². The molecular weight excluding hydrogens is 158 g/mol. The molecular formula is C8H13NO3. The van der Waals surface area contributed by atoms with Crippen molar-refractivity contribution in [2.24, 2.45) is 11.7 Å². The maximum atomic E-state index is 10.4. The van der Waals surface area contributed by atoms with Crippen LogP contribution in [-0.4, -0.2) is 23.4 Å². The van der Waals surface area contributed by atoms with Gasteiger partial charge in [-0.25, -0.2) is 4.79 Å². The summed E-state index contributed by atoms with van der Waals surface area (Å²) in [6.07, 6.45) is 2.62. The van der Waals surface area contributed by atoms with Gasteiger partial charge in [-0.05, 0) is 13.8 Å². The third-order valence-electron chi connectivity index (χ3n) is 1.48. The first-order valence-electron chi connectivity index (χ1n) is 3.59. The van der Waals surface area contributed by atoms with E-state index in [0.717, 1.165) is 0 Å². The first kappa shape index (κ1) is 10.8. The van der Waals surface area contributed by atoms with Crippen LogP contribution in [0.2, 0.25) is 0 Å². The SMILES string of the molecule is C#C[C@@H](C)[C@H](OC(N)=O)[C@H](C)O. The van der Waals surface area contributed by atoms with Crippen LogP contribution in [0.4, 0.5) is 4.79 Å². The molecule has 0 bridgehead atoms. The van der Waals surface area contributed by atoms with E-state index < -0.39 is 18.3 Å². The van der Waals surface area contributed by atoms with Gasteiger partial charge in [-0.15, -0.1) is 6.42 Å². The first-order chi connectivity index (χ1) is 5.49. The summed E-state index contributed by atoms with van der Waals surface area (Å²) >= 11 is 0. The Morgan fingerprint density at radius 3 is 2.42 bits per heavy atom. The number of aliphatic hydroxyl groups is 1. The second-order valence-corrected chi connectivity index (χ2v) is 2.60. The zero-order valence-corrected chi connectivity index (χ0v) is 7.15. The molecule has 0 saturated carbocycles. The molecule has 0 heterocycles. The van der Waals surface area contributed by atoms with E-state index in [1.54, 1.807) is 6.92 Å². The van der Waals surface area contributed by atoms with Crippen molar-refractivity contribution in [2.45, 2.75) is 26.1 Å². The van der Waals surface area contributed by atoms with Crippen molar-refractivity contribution in [1.29, 1.82) is 0 Å². The van der Waals surface area contributed by atoms with Crippen LogP contribution in [0.5, 0.6) is 0 Å². The summed E-state index contributed by atoms with van der Waals surface area (Å²) in [7, 11) is 0. The van der Waals surface area contributed by atoms with Gasteiger partial charge < -0.3 is 15.6 Å². The molecule has 3 atom stereocenters. The molecule has 1 amide bonds. The number of primary amides is 1. The largest absolute Gasteiger partial charge is 0.442 e. The van der Waals surface area contributed by atoms with Gasteiger partial charge in [0, 0.05) is 0 Å². The Bertz CT molecular complexity index is 195. The minimum Gasteiger partial charge on any atom is -0.442 e. The molecule has 0 unspecified atom stereocenters. The Hall–Kier alpha value is -1.21. The van der Waals surface area contributed by atoms with E-state index in [9.17, 15) is 4.79 Å². The fourth-order valence-electron chi connectivity index (χ4n) is 0.847. The summed E-state index contributed by atoms with van der Waals surface area (Å²) < 4.78 is 4.61. The number of aliphatic hydroxyl groups excluding tert-OH is 1. The molecule has 0 aromatic carbocycles. The highest BCUT2D eigenvalue weighted by Crippen LogP contribution is 2.10. The van der Waals surface area contributed by atoms with Gasteiger partial charge in [0.15, 0.2) is 0 Å². The smallest absolute Gasteiger partial charge is 0.404 e. The van der Waals surface area contributed by atoms with E-state index in [1.165, 1.54) is 6.92 Å². The van der Waals surface area contributed by atoms with Crippen molar-refractivity contribution in [2.75, 3.05) is 0 Å². The molecule has 0 radical (unpaired) electrons. The summed E-state index contributed by atoms with van der Waals surface area (Å²) in [5.74, 6) is 2.01. The van der Waals surface area contributed by atoms with Crippen LogP contribution in [-0.2, 0) is 4.74 Å². The fraction of sp³-hybridized carbons (Fsp3) is 0.625. The Kier molecular flexibility index (Phi) is 4.16. The number of nitrogens with two attached hydrogens (primary N) is 1. The maximum Gasteiger partial charge on any atom is 0.404 e. The lowest BCUT2D eigenvalue weighted by molar-refractivity contribution is -0.00103. The molecule has 0 saturated heterocycles. The number of hydrogen-bond donors (Lipinski definition) is 2. The predicted molar refractivity (Wildman–Crippen MR) is 44.1 cm³/mol. The summed E-state index contributed by atoms with van der Waals surface area (Å²) in [5.41, 5.74) is 4.78. The van der Waals surface area contributed by atoms with Crippen molar-refractivity contribution in [3.63, 3.8) is 0 Å². The molecule has 0 spiro atoms. The number of terminal acetylenes is 1. The number of rotatable bonds is 3. The van der Waals surface area contributed by atoms with Gasteiger partial charge in [-0.3, -0.25) is 0 Å². The number of amides is 1. The van der Waals surface area contributed by atoms with Gasteiger partial charge in [0.1, 0.15) is 6.10 Å². The summed E-state index contributed by atoms with van der Waals surface area (Å²) in [6, 6.07) is 0. The van der Waals surface area contributed by atoms with E-state index in [4.69, 9.17) is 17.3 Å². The standard InChI is InChI=1S/C8H13NO3/c1-4-5(2)7(6(3)10)12-8(9)11/h1,5-7,10H,2-3H3,(H2,9,11)/t5-,6+,7+/m1/s1. The quantitative estimate of drug-likeness (QED) is 0.591.